The van der Waals surface area contributed by atoms with Gasteiger partial charge in [-0.2, -0.15) is 0 Å². The highest BCUT2D eigenvalue weighted by Gasteiger charge is 2.09. The van der Waals surface area contributed by atoms with E-state index in [2.05, 4.69) is 16.0 Å². The van der Waals surface area contributed by atoms with Crippen LogP contribution in [0.2, 0.25) is 0 Å². The molecule has 7 heteroatoms. The molecule has 0 saturated heterocycles. The Bertz CT molecular complexity index is 1160. The van der Waals surface area contributed by atoms with Crippen LogP contribution >= 0.6 is 12.2 Å². The van der Waals surface area contributed by atoms with Crippen LogP contribution in [0.4, 0.5) is 11.4 Å². The normalized spacial score (nSPS) is 10.4. The van der Waals surface area contributed by atoms with Crippen LogP contribution in [-0.2, 0) is 4.79 Å². The van der Waals surface area contributed by atoms with Crippen molar-refractivity contribution in [3.05, 3.63) is 95.6 Å². The van der Waals surface area contributed by atoms with Crippen molar-refractivity contribution < 1.29 is 14.3 Å². The molecule has 0 aliphatic rings. The number of nitrogens with one attached hydrogen (secondary N) is 3. The minimum Gasteiger partial charge on any atom is -0.497 e. The van der Waals surface area contributed by atoms with E-state index in [1.54, 1.807) is 43.5 Å². The first kappa shape index (κ1) is 22.7. The van der Waals surface area contributed by atoms with Crippen molar-refractivity contribution >= 4 is 46.6 Å². The van der Waals surface area contributed by atoms with Gasteiger partial charge in [0.25, 0.3) is 5.91 Å². The fraction of sp³-hybridized carbons (Fsp3) is 0.0800. The summed E-state index contributed by atoms with van der Waals surface area (Å²) < 4.78 is 5.11. The number of amides is 2. The molecule has 3 N–H and O–H groups in total. The number of ether oxygens (including phenoxy) is 1. The van der Waals surface area contributed by atoms with Gasteiger partial charge in [0, 0.05) is 23.0 Å². The Kier molecular flexibility index (Phi) is 7.72. The predicted octanol–water partition coefficient (Wildman–Crippen LogP) is 4.78. The molecule has 0 aliphatic carbocycles. The van der Waals surface area contributed by atoms with Gasteiger partial charge in [0.05, 0.1) is 7.11 Å². The summed E-state index contributed by atoms with van der Waals surface area (Å²) >= 11 is 5.22. The van der Waals surface area contributed by atoms with E-state index in [1.165, 1.54) is 6.08 Å². The number of carbonyl (C=O) groups excluding carboxylic acids is 2. The molecule has 0 radical (unpaired) electrons. The summed E-state index contributed by atoms with van der Waals surface area (Å²) in [7, 11) is 1.60. The second kappa shape index (κ2) is 10.9. The third-order valence-electron chi connectivity index (χ3n) is 4.55. The Morgan fingerprint density at radius 1 is 0.906 bits per heavy atom. The molecule has 0 aromatic heterocycles. The van der Waals surface area contributed by atoms with E-state index in [-0.39, 0.29) is 16.9 Å². The Morgan fingerprint density at radius 2 is 1.59 bits per heavy atom. The van der Waals surface area contributed by atoms with E-state index in [1.807, 2.05) is 49.4 Å². The Labute approximate surface area is 192 Å². The molecule has 0 spiro atoms. The van der Waals surface area contributed by atoms with Crippen molar-refractivity contribution in [1.29, 1.82) is 0 Å². The van der Waals surface area contributed by atoms with Crippen molar-refractivity contribution in [3.8, 4) is 5.75 Å². The smallest absolute Gasteiger partial charge is 0.255 e. The molecule has 3 aromatic carbocycles. The van der Waals surface area contributed by atoms with E-state index in [4.69, 9.17) is 17.0 Å². The molecule has 3 rings (SSSR count). The van der Waals surface area contributed by atoms with Crippen LogP contribution in [0.15, 0.2) is 78.9 Å². The van der Waals surface area contributed by atoms with Crippen LogP contribution < -0.4 is 20.7 Å². The maximum absolute atomic E-state index is 12.5. The van der Waals surface area contributed by atoms with Gasteiger partial charge in [0.15, 0.2) is 5.11 Å². The first-order valence-corrected chi connectivity index (χ1v) is 10.3. The molecule has 0 aliphatic heterocycles. The third-order valence-corrected chi connectivity index (χ3v) is 4.75. The molecule has 0 bridgehead atoms. The summed E-state index contributed by atoms with van der Waals surface area (Å²) in [5, 5.41) is 8.57. The maximum atomic E-state index is 12.5. The summed E-state index contributed by atoms with van der Waals surface area (Å²) in [6.45, 7) is 1.89. The Balaban J connectivity index is 1.55. The van der Waals surface area contributed by atoms with Crippen LogP contribution in [-0.4, -0.2) is 24.0 Å². The van der Waals surface area contributed by atoms with Gasteiger partial charge in [-0.15, -0.1) is 0 Å². The largest absolute Gasteiger partial charge is 0.497 e. The predicted molar refractivity (Wildman–Crippen MR) is 132 cm³/mol. The molecule has 6 nitrogen and oxygen atoms in total. The number of carbonyl (C=O) groups is 2. The molecular formula is C25H23N3O3S. The molecule has 2 amide bonds. The maximum Gasteiger partial charge on any atom is 0.255 e. The highest BCUT2D eigenvalue weighted by Crippen LogP contribution is 2.17. The molecule has 32 heavy (non-hydrogen) atoms. The summed E-state index contributed by atoms with van der Waals surface area (Å²) in [6.07, 6.45) is 3.08. The first-order chi connectivity index (χ1) is 15.4. The average Bonchev–Trinajstić information content (AvgIpc) is 2.78. The minimum atomic E-state index is -0.359. The van der Waals surface area contributed by atoms with Crippen molar-refractivity contribution in [2.75, 3.05) is 17.7 Å². The van der Waals surface area contributed by atoms with Gasteiger partial charge in [-0.05, 0) is 72.7 Å². The molecule has 0 atom stereocenters. The molecule has 0 fully saturated rings. The van der Waals surface area contributed by atoms with E-state index in [0.717, 1.165) is 16.9 Å². The third kappa shape index (κ3) is 6.52. The average molecular weight is 446 g/mol. The van der Waals surface area contributed by atoms with Gasteiger partial charge >= 0.3 is 0 Å². The molecule has 0 unspecified atom stereocenters. The summed E-state index contributed by atoms with van der Waals surface area (Å²) in [6, 6.07) is 21.8. The van der Waals surface area contributed by atoms with Crippen LogP contribution in [0.25, 0.3) is 6.08 Å². The van der Waals surface area contributed by atoms with E-state index >= 15 is 0 Å². The van der Waals surface area contributed by atoms with Gasteiger partial charge in [0.2, 0.25) is 5.91 Å². The second-order valence-corrected chi connectivity index (χ2v) is 7.31. The highest BCUT2D eigenvalue weighted by atomic mass is 32.1. The number of benzene rings is 3. The highest BCUT2D eigenvalue weighted by molar-refractivity contribution is 7.80. The lowest BCUT2D eigenvalue weighted by molar-refractivity contribution is -0.115. The molecule has 0 saturated carbocycles. The number of anilines is 2. The molecular weight excluding hydrogens is 422 g/mol. The van der Waals surface area contributed by atoms with Gasteiger partial charge in [-0.3, -0.25) is 14.9 Å². The van der Waals surface area contributed by atoms with Gasteiger partial charge in [-0.25, -0.2) is 0 Å². The van der Waals surface area contributed by atoms with E-state index in [0.29, 0.717) is 16.9 Å². The number of hydrogen-bond acceptors (Lipinski definition) is 4. The van der Waals surface area contributed by atoms with Crippen LogP contribution in [0.1, 0.15) is 21.5 Å². The van der Waals surface area contributed by atoms with Gasteiger partial charge in [-0.1, -0.05) is 36.4 Å². The fourth-order valence-electron chi connectivity index (χ4n) is 2.90. The standard InChI is InChI=1S/C25H23N3O3S/c1-17-6-3-4-9-22(17)24(30)26-19-7-5-8-20(16-19)27-25(32)28-23(29)15-12-18-10-13-21(31-2)14-11-18/h3-16H,1-2H3,(H,26,30)(H2,27,28,29,32). The van der Waals surface area contributed by atoms with E-state index in [9.17, 15) is 9.59 Å². The fourth-order valence-corrected chi connectivity index (χ4v) is 3.12. The van der Waals surface area contributed by atoms with E-state index < -0.39 is 0 Å². The zero-order valence-electron chi connectivity index (χ0n) is 17.7. The zero-order chi connectivity index (χ0) is 22.9. The van der Waals surface area contributed by atoms with Crippen molar-refractivity contribution in [3.63, 3.8) is 0 Å². The monoisotopic (exact) mass is 445 g/mol. The lowest BCUT2D eigenvalue weighted by Crippen LogP contribution is -2.32. The second-order valence-electron chi connectivity index (χ2n) is 6.90. The molecule has 162 valence electrons. The minimum absolute atomic E-state index is 0.150. The van der Waals surface area contributed by atoms with Crippen molar-refractivity contribution in [2.24, 2.45) is 0 Å². The quantitative estimate of drug-likeness (QED) is 0.376. The number of aryl methyl sites for hydroxylation is 1. The van der Waals surface area contributed by atoms with Crippen molar-refractivity contribution in [2.45, 2.75) is 6.92 Å². The SMILES string of the molecule is COc1ccc(C=CC(=O)NC(=S)Nc2cccc(NC(=O)c3ccccc3C)c2)cc1. The van der Waals surface area contributed by atoms with Crippen LogP contribution in [0.3, 0.4) is 0 Å². The lowest BCUT2D eigenvalue weighted by Gasteiger charge is -2.11. The van der Waals surface area contributed by atoms with Crippen molar-refractivity contribution in [1.82, 2.24) is 5.32 Å². The van der Waals surface area contributed by atoms with Crippen LogP contribution in [0.5, 0.6) is 5.75 Å². The zero-order valence-corrected chi connectivity index (χ0v) is 18.5. The number of methoxy groups -OCH3 is 1. The summed E-state index contributed by atoms with van der Waals surface area (Å²) in [4.78, 5) is 24.6. The van der Waals surface area contributed by atoms with Gasteiger partial charge < -0.3 is 15.4 Å². The summed E-state index contributed by atoms with van der Waals surface area (Å²) in [5.74, 6) is 0.191. The summed E-state index contributed by atoms with van der Waals surface area (Å²) in [5.41, 5.74) is 3.61. The topological polar surface area (TPSA) is 79.5 Å². The number of hydrogen-bond donors (Lipinski definition) is 3. The lowest BCUT2D eigenvalue weighted by atomic mass is 10.1. The van der Waals surface area contributed by atoms with Crippen LogP contribution in [0, 0.1) is 6.92 Å². The molecule has 3 aromatic rings. The molecule has 0 heterocycles. The van der Waals surface area contributed by atoms with Gasteiger partial charge in [0.1, 0.15) is 5.75 Å². The Morgan fingerprint density at radius 3 is 2.28 bits per heavy atom. The number of thiocarbonyl (C=S) groups is 1. The number of rotatable bonds is 6. The Hall–Kier alpha value is -3.97. The first-order valence-electron chi connectivity index (χ1n) is 9.86.